The molecule has 1 atom stereocenters. The summed E-state index contributed by atoms with van der Waals surface area (Å²) >= 11 is 5.82. The maximum atomic E-state index is 13.8. The first-order valence-electron chi connectivity index (χ1n) is 4.59. The van der Waals surface area contributed by atoms with Crippen LogP contribution in [0.5, 0.6) is 5.75 Å². The van der Waals surface area contributed by atoms with E-state index in [4.69, 9.17) is 21.5 Å². The molecule has 0 aliphatic heterocycles. The minimum absolute atomic E-state index is 0.0906. The highest BCUT2D eigenvalue weighted by Crippen LogP contribution is 2.33. The molecule has 0 aromatic heterocycles. The standard InChI is InChI=1S/C9H12ClFN2O3S/c1-16-8-4-2-3-6(10)9(8)7(11)5-13-17(12,14)15/h2-4,7,13H,5H2,1H3,(H2,12,14,15). The van der Waals surface area contributed by atoms with Crippen LogP contribution in [0.1, 0.15) is 11.7 Å². The van der Waals surface area contributed by atoms with E-state index in [0.717, 1.165) is 0 Å². The van der Waals surface area contributed by atoms with Gasteiger partial charge in [-0.15, -0.1) is 0 Å². The fourth-order valence-electron chi connectivity index (χ4n) is 1.29. The van der Waals surface area contributed by atoms with Crippen LogP contribution in [-0.4, -0.2) is 22.1 Å². The highest BCUT2D eigenvalue weighted by atomic mass is 35.5. The molecule has 0 fully saturated rings. The molecule has 0 spiro atoms. The summed E-state index contributed by atoms with van der Waals surface area (Å²) in [4.78, 5) is 0. The maximum absolute atomic E-state index is 13.8. The molecule has 5 nitrogen and oxygen atoms in total. The van der Waals surface area contributed by atoms with Crippen LogP contribution >= 0.6 is 11.6 Å². The van der Waals surface area contributed by atoms with Crippen LogP contribution in [0.4, 0.5) is 4.39 Å². The maximum Gasteiger partial charge on any atom is 0.274 e. The Morgan fingerprint density at radius 1 is 1.59 bits per heavy atom. The van der Waals surface area contributed by atoms with E-state index in [-0.39, 0.29) is 16.3 Å². The SMILES string of the molecule is COc1cccc(Cl)c1C(F)CNS(N)(=O)=O. The second kappa shape index (κ2) is 5.63. The van der Waals surface area contributed by atoms with E-state index >= 15 is 0 Å². The molecule has 1 aromatic carbocycles. The zero-order valence-corrected chi connectivity index (χ0v) is 10.6. The minimum Gasteiger partial charge on any atom is -0.496 e. The number of ether oxygens (including phenoxy) is 1. The third-order valence-corrected chi connectivity index (χ3v) is 2.91. The molecule has 0 aliphatic carbocycles. The number of rotatable bonds is 5. The van der Waals surface area contributed by atoms with E-state index in [1.807, 2.05) is 4.72 Å². The van der Waals surface area contributed by atoms with Gasteiger partial charge in [0.25, 0.3) is 10.2 Å². The molecule has 0 saturated carbocycles. The highest BCUT2D eigenvalue weighted by molar-refractivity contribution is 7.87. The van der Waals surface area contributed by atoms with Gasteiger partial charge in [0.05, 0.1) is 12.1 Å². The lowest BCUT2D eigenvalue weighted by atomic mass is 10.1. The molecule has 96 valence electrons. The first-order valence-corrected chi connectivity index (χ1v) is 6.51. The second-order valence-electron chi connectivity index (χ2n) is 3.22. The van der Waals surface area contributed by atoms with Gasteiger partial charge in [0.1, 0.15) is 11.9 Å². The summed E-state index contributed by atoms with van der Waals surface area (Å²) in [5, 5.41) is 4.86. The van der Waals surface area contributed by atoms with Crippen molar-refractivity contribution in [3.8, 4) is 5.75 Å². The molecule has 1 rings (SSSR count). The smallest absolute Gasteiger partial charge is 0.274 e. The largest absolute Gasteiger partial charge is 0.496 e. The lowest BCUT2D eigenvalue weighted by molar-refractivity contribution is 0.324. The second-order valence-corrected chi connectivity index (χ2v) is 5.00. The Labute approximate surface area is 104 Å². The molecule has 3 N–H and O–H groups in total. The van der Waals surface area contributed by atoms with Crippen molar-refractivity contribution in [2.45, 2.75) is 6.17 Å². The van der Waals surface area contributed by atoms with Crippen molar-refractivity contribution in [1.82, 2.24) is 4.72 Å². The van der Waals surface area contributed by atoms with Gasteiger partial charge in [-0.1, -0.05) is 17.7 Å². The number of methoxy groups -OCH3 is 1. The van der Waals surface area contributed by atoms with Gasteiger partial charge in [-0.05, 0) is 12.1 Å². The Morgan fingerprint density at radius 3 is 2.76 bits per heavy atom. The summed E-state index contributed by atoms with van der Waals surface area (Å²) in [6.07, 6.45) is -1.64. The molecule has 1 aromatic rings. The number of nitrogens with two attached hydrogens (primary N) is 1. The van der Waals surface area contributed by atoms with Gasteiger partial charge < -0.3 is 4.74 Å². The van der Waals surface area contributed by atoms with Crippen LogP contribution in [0.25, 0.3) is 0 Å². The van der Waals surface area contributed by atoms with Gasteiger partial charge in [-0.2, -0.15) is 13.1 Å². The molecule has 0 bridgehead atoms. The summed E-state index contributed by atoms with van der Waals surface area (Å²) < 4.78 is 41.9. The zero-order valence-electron chi connectivity index (χ0n) is 8.98. The van der Waals surface area contributed by atoms with Crippen LogP contribution in [0.15, 0.2) is 18.2 Å². The number of hydrogen-bond donors (Lipinski definition) is 2. The number of benzene rings is 1. The molecular formula is C9H12ClFN2O3S. The molecule has 0 heterocycles. The summed E-state index contributed by atoms with van der Waals surface area (Å²) in [7, 11) is -2.56. The van der Waals surface area contributed by atoms with Crippen molar-refractivity contribution >= 4 is 21.8 Å². The van der Waals surface area contributed by atoms with Crippen molar-refractivity contribution in [3.05, 3.63) is 28.8 Å². The van der Waals surface area contributed by atoms with E-state index < -0.39 is 22.9 Å². The number of nitrogens with one attached hydrogen (secondary N) is 1. The predicted octanol–water partition coefficient (Wildman–Crippen LogP) is 1.15. The third-order valence-electron chi connectivity index (χ3n) is 2.01. The summed E-state index contributed by atoms with van der Waals surface area (Å²) in [5.74, 6) is 0.251. The van der Waals surface area contributed by atoms with Gasteiger partial charge in [0, 0.05) is 12.1 Å². The average Bonchev–Trinajstić information content (AvgIpc) is 2.24. The Morgan fingerprint density at radius 2 is 2.24 bits per heavy atom. The summed E-state index contributed by atoms with van der Waals surface area (Å²) in [6.45, 7) is -0.501. The predicted molar refractivity (Wildman–Crippen MR) is 63.0 cm³/mol. The molecular weight excluding hydrogens is 271 g/mol. The third kappa shape index (κ3) is 4.12. The van der Waals surface area contributed by atoms with Gasteiger partial charge in [0.15, 0.2) is 0 Å². The van der Waals surface area contributed by atoms with Crippen LogP contribution in [0.2, 0.25) is 5.02 Å². The van der Waals surface area contributed by atoms with Crippen molar-refractivity contribution in [1.29, 1.82) is 0 Å². The Bertz CT molecular complexity index is 495. The van der Waals surface area contributed by atoms with Gasteiger partial charge in [0.2, 0.25) is 0 Å². The monoisotopic (exact) mass is 282 g/mol. The van der Waals surface area contributed by atoms with E-state index in [9.17, 15) is 12.8 Å². The lowest BCUT2D eigenvalue weighted by Gasteiger charge is -2.14. The minimum atomic E-state index is -3.93. The highest BCUT2D eigenvalue weighted by Gasteiger charge is 2.20. The van der Waals surface area contributed by atoms with E-state index in [2.05, 4.69) is 0 Å². The van der Waals surface area contributed by atoms with Gasteiger partial charge in [-0.25, -0.2) is 9.53 Å². The first kappa shape index (κ1) is 14.2. The van der Waals surface area contributed by atoms with Crippen molar-refractivity contribution < 1.29 is 17.5 Å². The number of hydrogen-bond acceptors (Lipinski definition) is 3. The molecule has 8 heteroatoms. The van der Waals surface area contributed by atoms with Crippen LogP contribution in [0, 0.1) is 0 Å². The summed E-state index contributed by atoms with van der Waals surface area (Å²) in [5.41, 5.74) is 0.0906. The molecule has 0 aliphatic rings. The van der Waals surface area contributed by atoms with E-state index in [1.54, 1.807) is 6.07 Å². The topological polar surface area (TPSA) is 81.4 Å². The first-order chi connectivity index (χ1) is 7.85. The molecule has 1 unspecified atom stereocenters. The van der Waals surface area contributed by atoms with Crippen molar-refractivity contribution in [2.24, 2.45) is 5.14 Å². The Balaban J connectivity index is 2.92. The fourth-order valence-corrected chi connectivity index (χ4v) is 1.95. The normalized spacial score (nSPS) is 13.4. The average molecular weight is 283 g/mol. The summed E-state index contributed by atoms with van der Waals surface area (Å²) in [6, 6.07) is 4.62. The zero-order chi connectivity index (χ0) is 13.1. The van der Waals surface area contributed by atoms with Crippen molar-refractivity contribution in [2.75, 3.05) is 13.7 Å². The molecule has 0 amide bonds. The quantitative estimate of drug-likeness (QED) is 0.850. The van der Waals surface area contributed by atoms with Crippen molar-refractivity contribution in [3.63, 3.8) is 0 Å². The Hall–Kier alpha value is -0.890. The number of alkyl halides is 1. The fraction of sp³-hybridized carbons (Fsp3) is 0.333. The molecule has 0 radical (unpaired) electrons. The lowest BCUT2D eigenvalue weighted by Crippen LogP contribution is -2.33. The molecule has 0 saturated heterocycles. The van der Waals surface area contributed by atoms with E-state index in [0.29, 0.717) is 0 Å². The molecule has 17 heavy (non-hydrogen) atoms. The van der Waals surface area contributed by atoms with Gasteiger partial charge >= 0.3 is 0 Å². The van der Waals surface area contributed by atoms with Crippen LogP contribution in [-0.2, 0) is 10.2 Å². The van der Waals surface area contributed by atoms with Crippen LogP contribution < -0.4 is 14.6 Å². The van der Waals surface area contributed by atoms with Crippen LogP contribution in [0.3, 0.4) is 0 Å². The Kier molecular flexibility index (Phi) is 4.70. The van der Waals surface area contributed by atoms with Gasteiger partial charge in [-0.3, -0.25) is 0 Å². The van der Waals surface area contributed by atoms with E-state index in [1.165, 1.54) is 19.2 Å². The number of halogens is 2.